The largest absolute Gasteiger partial charge is 0.353 e. The Hall–Kier alpha value is -1.84. The molecule has 2 unspecified atom stereocenters. The highest BCUT2D eigenvalue weighted by atomic mass is 16.2. The summed E-state index contributed by atoms with van der Waals surface area (Å²) in [5, 5.41) is 3.06. The van der Waals surface area contributed by atoms with Crippen LogP contribution >= 0.6 is 0 Å². The van der Waals surface area contributed by atoms with Crippen LogP contribution in [-0.4, -0.2) is 35.8 Å². The molecule has 2 saturated heterocycles. The summed E-state index contributed by atoms with van der Waals surface area (Å²) in [7, 11) is 0. The van der Waals surface area contributed by atoms with Crippen molar-refractivity contribution in [1.82, 2.24) is 10.2 Å². The topological polar surface area (TPSA) is 49.4 Å². The van der Waals surface area contributed by atoms with Gasteiger partial charge in [-0.2, -0.15) is 0 Å². The zero-order valence-electron chi connectivity index (χ0n) is 12.7. The molecule has 1 aromatic rings. The molecule has 0 radical (unpaired) electrons. The first-order valence-electron chi connectivity index (χ1n) is 7.70. The standard InChI is InChI=1S/C17H22N2O2/c1-11-7-12(2)9-14(8-11)17(21)19-6-5-15-13(10-19)3-4-16(20)18-15/h7-9,13,15H,3-6,10H2,1-2H3,(H,18,20). The van der Waals surface area contributed by atoms with E-state index in [1.807, 2.05) is 30.9 Å². The number of likely N-dealkylation sites (tertiary alicyclic amines) is 1. The van der Waals surface area contributed by atoms with Gasteiger partial charge in [-0.15, -0.1) is 0 Å². The van der Waals surface area contributed by atoms with Gasteiger partial charge in [0.25, 0.3) is 5.91 Å². The number of carbonyl (C=O) groups is 2. The zero-order chi connectivity index (χ0) is 15.0. The quantitative estimate of drug-likeness (QED) is 0.859. The van der Waals surface area contributed by atoms with Crippen LogP contribution in [0.5, 0.6) is 0 Å². The molecule has 3 rings (SSSR count). The van der Waals surface area contributed by atoms with Gasteiger partial charge in [-0.25, -0.2) is 0 Å². The number of hydrogen-bond donors (Lipinski definition) is 1. The van der Waals surface area contributed by atoms with Gasteiger partial charge in [0, 0.05) is 31.1 Å². The number of hydrogen-bond acceptors (Lipinski definition) is 2. The van der Waals surface area contributed by atoms with Gasteiger partial charge in [0.15, 0.2) is 0 Å². The second kappa shape index (κ2) is 5.51. The number of piperidine rings is 2. The summed E-state index contributed by atoms with van der Waals surface area (Å²) < 4.78 is 0. The molecular weight excluding hydrogens is 264 g/mol. The molecule has 0 aromatic heterocycles. The summed E-state index contributed by atoms with van der Waals surface area (Å²) in [6.45, 7) is 5.53. The first-order chi connectivity index (χ1) is 10.0. The summed E-state index contributed by atoms with van der Waals surface area (Å²) in [4.78, 5) is 26.1. The number of benzene rings is 1. The van der Waals surface area contributed by atoms with Gasteiger partial charge in [0.1, 0.15) is 0 Å². The van der Waals surface area contributed by atoms with E-state index in [0.717, 1.165) is 42.6 Å². The average molecular weight is 286 g/mol. The zero-order valence-corrected chi connectivity index (χ0v) is 12.7. The van der Waals surface area contributed by atoms with Gasteiger partial charge in [-0.3, -0.25) is 9.59 Å². The molecule has 2 heterocycles. The molecule has 1 N–H and O–H groups in total. The molecule has 2 aliphatic heterocycles. The van der Waals surface area contributed by atoms with Crippen LogP contribution in [0, 0.1) is 19.8 Å². The molecule has 1 aromatic carbocycles. The predicted molar refractivity (Wildman–Crippen MR) is 81.1 cm³/mol. The maximum Gasteiger partial charge on any atom is 0.253 e. The molecule has 0 aliphatic carbocycles. The van der Waals surface area contributed by atoms with Crippen LogP contribution < -0.4 is 5.32 Å². The Kier molecular flexibility index (Phi) is 3.70. The van der Waals surface area contributed by atoms with E-state index in [2.05, 4.69) is 11.4 Å². The maximum atomic E-state index is 12.7. The number of rotatable bonds is 1. The van der Waals surface area contributed by atoms with E-state index in [4.69, 9.17) is 0 Å². The third-order valence-electron chi connectivity index (χ3n) is 4.58. The van der Waals surface area contributed by atoms with Crippen LogP contribution in [0.15, 0.2) is 18.2 Å². The average Bonchev–Trinajstić information content (AvgIpc) is 2.45. The minimum absolute atomic E-state index is 0.122. The number of nitrogens with one attached hydrogen (secondary N) is 1. The minimum Gasteiger partial charge on any atom is -0.353 e. The van der Waals surface area contributed by atoms with Crippen molar-refractivity contribution in [3.63, 3.8) is 0 Å². The highest BCUT2D eigenvalue weighted by Crippen LogP contribution is 2.26. The SMILES string of the molecule is Cc1cc(C)cc(C(=O)N2CCC3NC(=O)CCC3C2)c1. The molecule has 0 bridgehead atoms. The van der Waals surface area contributed by atoms with Crippen LogP contribution in [0.1, 0.15) is 40.7 Å². The summed E-state index contributed by atoms with van der Waals surface area (Å²) in [5.74, 6) is 0.689. The summed E-state index contributed by atoms with van der Waals surface area (Å²) in [5.41, 5.74) is 3.03. The van der Waals surface area contributed by atoms with Crippen molar-refractivity contribution in [2.45, 2.75) is 39.2 Å². The van der Waals surface area contributed by atoms with Gasteiger partial charge in [0.05, 0.1) is 0 Å². The summed E-state index contributed by atoms with van der Waals surface area (Å²) in [6.07, 6.45) is 2.35. The number of carbonyl (C=O) groups excluding carboxylic acids is 2. The van der Waals surface area contributed by atoms with Crippen LogP contribution in [0.2, 0.25) is 0 Å². The Morgan fingerprint density at radius 2 is 1.90 bits per heavy atom. The Balaban J connectivity index is 1.73. The van der Waals surface area contributed by atoms with E-state index >= 15 is 0 Å². The van der Waals surface area contributed by atoms with Crippen molar-refractivity contribution in [2.24, 2.45) is 5.92 Å². The molecule has 0 spiro atoms. The molecule has 2 atom stereocenters. The summed E-state index contributed by atoms with van der Waals surface area (Å²) >= 11 is 0. The fraction of sp³-hybridized carbons (Fsp3) is 0.529. The predicted octanol–water partition coefficient (Wildman–Crippen LogP) is 2.04. The highest BCUT2D eigenvalue weighted by molar-refractivity contribution is 5.94. The fourth-order valence-electron chi connectivity index (χ4n) is 3.58. The van der Waals surface area contributed by atoms with Crippen molar-refractivity contribution in [3.8, 4) is 0 Å². The number of aryl methyl sites for hydroxylation is 2. The van der Waals surface area contributed by atoms with Gasteiger partial charge in [-0.1, -0.05) is 17.2 Å². The van der Waals surface area contributed by atoms with Crippen molar-refractivity contribution < 1.29 is 9.59 Å². The Bertz CT molecular complexity index is 562. The van der Waals surface area contributed by atoms with E-state index in [1.54, 1.807) is 0 Å². The molecule has 4 nitrogen and oxygen atoms in total. The minimum atomic E-state index is 0.122. The third-order valence-corrected chi connectivity index (χ3v) is 4.58. The fourth-order valence-corrected chi connectivity index (χ4v) is 3.58. The Morgan fingerprint density at radius 1 is 1.19 bits per heavy atom. The monoisotopic (exact) mass is 286 g/mol. The van der Waals surface area contributed by atoms with E-state index in [1.165, 1.54) is 0 Å². The number of fused-ring (bicyclic) bond motifs is 1. The molecule has 0 saturated carbocycles. The van der Waals surface area contributed by atoms with Gasteiger partial charge in [0.2, 0.25) is 5.91 Å². The van der Waals surface area contributed by atoms with Crippen LogP contribution in [0.4, 0.5) is 0 Å². The highest BCUT2D eigenvalue weighted by Gasteiger charge is 2.35. The Morgan fingerprint density at radius 3 is 2.62 bits per heavy atom. The maximum absolute atomic E-state index is 12.7. The van der Waals surface area contributed by atoms with Crippen molar-refractivity contribution in [1.29, 1.82) is 0 Å². The molecular formula is C17H22N2O2. The second-order valence-electron chi connectivity index (χ2n) is 6.39. The van der Waals surface area contributed by atoms with E-state index < -0.39 is 0 Å². The smallest absolute Gasteiger partial charge is 0.253 e. The number of nitrogens with zero attached hydrogens (tertiary/aromatic N) is 1. The first-order valence-corrected chi connectivity index (χ1v) is 7.70. The third kappa shape index (κ3) is 2.94. The number of amides is 2. The molecule has 2 fully saturated rings. The lowest BCUT2D eigenvalue weighted by Crippen LogP contribution is -2.55. The first kappa shape index (κ1) is 14.1. The van der Waals surface area contributed by atoms with Crippen molar-refractivity contribution in [2.75, 3.05) is 13.1 Å². The lowest BCUT2D eigenvalue weighted by Gasteiger charge is -2.41. The lowest BCUT2D eigenvalue weighted by molar-refractivity contribution is -0.125. The Labute approximate surface area is 125 Å². The van der Waals surface area contributed by atoms with Gasteiger partial charge < -0.3 is 10.2 Å². The second-order valence-corrected chi connectivity index (χ2v) is 6.39. The van der Waals surface area contributed by atoms with E-state index in [9.17, 15) is 9.59 Å². The van der Waals surface area contributed by atoms with Crippen LogP contribution in [0.25, 0.3) is 0 Å². The van der Waals surface area contributed by atoms with Gasteiger partial charge >= 0.3 is 0 Å². The van der Waals surface area contributed by atoms with Crippen molar-refractivity contribution in [3.05, 3.63) is 34.9 Å². The van der Waals surface area contributed by atoms with Crippen molar-refractivity contribution >= 4 is 11.8 Å². The molecule has 2 amide bonds. The van der Waals surface area contributed by atoms with Gasteiger partial charge in [-0.05, 0) is 44.7 Å². The molecule has 21 heavy (non-hydrogen) atoms. The molecule has 112 valence electrons. The summed E-state index contributed by atoms with van der Waals surface area (Å²) in [6, 6.07) is 6.27. The van der Waals surface area contributed by atoms with E-state index in [-0.39, 0.29) is 17.9 Å². The lowest BCUT2D eigenvalue weighted by atomic mass is 9.85. The van der Waals surface area contributed by atoms with E-state index in [0.29, 0.717) is 12.3 Å². The molecule has 2 aliphatic rings. The van der Waals surface area contributed by atoms with Crippen LogP contribution in [0.3, 0.4) is 0 Å². The van der Waals surface area contributed by atoms with Crippen LogP contribution in [-0.2, 0) is 4.79 Å². The molecule has 4 heteroatoms. The normalized spacial score (nSPS) is 25.2.